The van der Waals surface area contributed by atoms with Crippen LogP contribution in [0.2, 0.25) is 0 Å². The number of likely N-dealkylation sites (tertiary alicyclic amines) is 1. The Morgan fingerprint density at radius 1 is 1.64 bits per heavy atom. The number of amides is 1. The second-order valence-corrected chi connectivity index (χ2v) is 7.43. The molecule has 6 nitrogen and oxygen atoms in total. The number of rotatable bonds is 4. The van der Waals surface area contributed by atoms with Gasteiger partial charge in [-0.1, -0.05) is 0 Å². The van der Waals surface area contributed by atoms with Crippen LogP contribution in [0.25, 0.3) is 0 Å². The molecule has 1 spiro atoms. The lowest BCUT2D eigenvalue weighted by molar-refractivity contribution is -0.139. The van der Waals surface area contributed by atoms with Gasteiger partial charge >= 0.3 is 0 Å². The molecule has 22 heavy (non-hydrogen) atoms. The van der Waals surface area contributed by atoms with Gasteiger partial charge in [0, 0.05) is 31.1 Å². The quantitative estimate of drug-likeness (QED) is 0.904. The highest BCUT2D eigenvalue weighted by Gasteiger charge is 2.44. The standard InChI is InChI=1S/C15H24N4O2S/c1-18(2)9-13(20)19-6-3-4-15(11-19)8-12(10-21-15)17-14-16-5-7-22-14/h5,7,12H,3-4,6,8-11H2,1-2H3,(H,16,17)/t12-,15+/m1/s1. The molecule has 3 heterocycles. The zero-order valence-corrected chi connectivity index (χ0v) is 14.1. The highest BCUT2D eigenvalue weighted by atomic mass is 32.1. The Labute approximate surface area is 135 Å². The zero-order chi connectivity index (χ0) is 15.6. The van der Waals surface area contributed by atoms with E-state index < -0.39 is 0 Å². The lowest BCUT2D eigenvalue weighted by Crippen LogP contribution is -2.52. The van der Waals surface area contributed by atoms with E-state index in [1.54, 1.807) is 17.5 Å². The summed E-state index contributed by atoms with van der Waals surface area (Å²) in [4.78, 5) is 20.5. The van der Waals surface area contributed by atoms with Gasteiger partial charge in [0.25, 0.3) is 0 Å². The molecule has 0 saturated carbocycles. The average molecular weight is 324 g/mol. The van der Waals surface area contributed by atoms with E-state index in [-0.39, 0.29) is 17.6 Å². The summed E-state index contributed by atoms with van der Waals surface area (Å²) >= 11 is 1.61. The number of aromatic nitrogens is 1. The minimum absolute atomic E-state index is 0.171. The molecule has 2 saturated heterocycles. The van der Waals surface area contributed by atoms with Crippen molar-refractivity contribution in [1.29, 1.82) is 0 Å². The van der Waals surface area contributed by atoms with Crippen molar-refractivity contribution >= 4 is 22.4 Å². The minimum atomic E-state index is -0.171. The fourth-order valence-corrected chi connectivity index (χ4v) is 3.98. The van der Waals surface area contributed by atoms with E-state index in [9.17, 15) is 4.79 Å². The monoisotopic (exact) mass is 324 g/mol. The Morgan fingerprint density at radius 3 is 3.23 bits per heavy atom. The molecule has 122 valence electrons. The first-order valence-corrected chi connectivity index (χ1v) is 8.67. The van der Waals surface area contributed by atoms with Gasteiger partial charge in [0.1, 0.15) is 0 Å². The van der Waals surface area contributed by atoms with Gasteiger partial charge in [-0.15, -0.1) is 11.3 Å². The molecule has 1 aromatic rings. The summed E-state index contributed by atoms with van der Waals surface area (Å²) in [6, 6.07) is 0.287. The Morgan fingerprint density at radius 2 is 2.50 bits per heavy atom. The number of anilines is 1. The Hall–Kier alpha value is -1.18. The van der Waals surface area contributed by atoms with Gasteiger partial charge in [-0.3, -0.25) is 4.79 Å². The summed E-state index contributed by atoms with van der Waals surface area (Å²) in [6.07, 6.45) is 4.80. The first-order chi connectivity index (χ1) is 10.6. The summed E-state index contributed by atoms with van der Waals surface area (Å²) in [5, 5.41) is 6.35. The molecule has 1 N–H and O–H groups in total. The first-order valence-electron chi connectivity index (χ1n) is 7.79. The van der Waals surface area contributed by atoms with Crippen LogP contribution in [0.4, 0.5) is 5.13 Å². The Balaban J connectivity index is 1.58. The molecule has 3 rings (SSSR count). The zero-order valence-electron chi connectivity index (χ0n) is 13.2. The van der Waals surface area contributed by atoms with Gasteiger partial charge in [0.2, 0.25) is 5.91 Å². The van der Waals surface area contributed by atoms with Crippen molar-refractivity contribution < 1.29 is 9.53 Å². The van der Waals surface area contributed by atoms with E-state index >= 15 is 0 Å². The fourth-order valence-electron chi connectivity index (χ4n) is 3.37. The van der Waals surface area contributed by atoms with Gasteiger partial charge in [0.05, 0.1) is 24.8 Å². The number of nitrogens with one attached hydrogen (secondary N) is 1. The molecular formula is C15H24N4O2S. The van der Waals surface area contributed by atoms with Crippen molar-refractivity contribution in [2.45, 2.75) is 30.9 Å². The lowest BCUT2D eigenvalue weighted by Gasteiger charge is -2.40. The number of carbonyl (C=O) groups is 1. The molecule has 0 radical (unpaired) electrons. The van der Waals surface area contributed by atoms with Crippen LogP contribution in [0.3, 0.4) is 0 Å². The number of likely N-dealkylation sites (N-methyl/N-ethyl adjacent to an activating group) is 1. The maximum Gasteiger partial charge on any atom is 0.236 e. The van der Waals surface area contributed by atoms with Crippen molar-refractivity contribution in [3.8, 4) is 0 Å². The van der Waals surface area contributed by atoms with E-state index in [0.717, 1.165) is 37.5 Å². The summed E-state index contributed by atoms with van der Waals surface area (Å²) in [6.45, 7) is 2.73. The predicted octanol–water partition coefficient (Wildman–Crippen LogP) is 1.27. The molecule has 7 heteroatoms. The molecule has 2 aliphatic rings. The normalized spacial score (nSPS) is 28.5. The van der Waals surface area contributed by atoms with Gasteiger partial charge in [-0.05, 0) is 26.9 Å². The van der Waals surface area contributed by atoms with Crippen LogP contribution in [0.15, 0.2) is 11.6 Å². The van der Waals surface area contributed by atoms with Crippen LogP contribution < -0.4 is 5.32 Å². The smallest absolute Gasteiger partial charge is 0.236 e. The number of piperidine rings is 1. The molecular weight excluding hydrogens is 300 g/mol. The lowest BCUT2D eigenvalue weighted by atomic mass is 9.88. The highest BCUT2D eigenvalue weighted by molar-refractivity contribution is 7.13. The molecule has 2 atom stereocenters. The number of ether oxygens (including phenoxy) is 1. The predicted molar refractivity (Wildman–Crippen MR) is 87.2 cm³/mol. The van der Waals surface area contributed by atoms with Crippen molar-refractivity contribution in [2.75, 3.05) is 45.7 Å². The van der Waals surface area contributed by atoms with Crippen molar-refractivity contribution in [3.05, 3.63) is 11.6 Å². The molecule has 0 unspecified atom stereocenters. The molecule has 2 aliphatic heterocycles. The van der Waals surface area contributed by atoms with E-state index in [4.69, 9.17) is 4.74 Å². The number of thiazole rings is 1. The van der Waals surface area contributed by atoms with Crippen LogP contribution in [0, 0.1) is 0 Å². The highest BCUT2D eigenvalue weighted by Crippen LogP contribution is 2.36. The number of hydrogen-bond donors (Lipinski definition) is 1. The summed E-state index contributed by atoms with van der Waals surface area (Å²) in [5.74, 6) is 0.198. The van der Waals surface area contributed by atoms with Gasteiger partial charge in [0.15, 0.2) is 5.13 Å². The van der Waals surface area contributed by atoms with Crippen LogP contribution in [0.5, 0.6) is 0 Å². The van der Waals surface area contributed by atoms with Crippen molar-refractivity contribution in [1.82, 2.24) is 14.8 Å². The summed E-state index contributed by atoms with van der Waals surface area (Å²) < 4.78 is 6.14. The van der Waals surface area contributed by atoms with Crippen LogP contribution in [0.1, 0.15) is 19.3 Å². The minimum Gasteiger partial charge on any atom is -0.371 e. The van der Waals surface area contributed by atoms with Crippen LogP contribution in [-0.2, 0) is 9.53 Å². The van der Waals surface area contributed by atoms with E-state index in [2.05, 4.69) is 10.3 Å². The van der Waals surface area contributed by atoms with Crippen LogP contribution in [-0.4, -0.2) is 72.7 Å². The Kier molecular flexibility index (Phi) is 4.65. The van der Waals surface area contributed by atoms with Gasteiger partial charge in [-0.2, -0.15) is 0 Å². The Bertz CT molecular complexity index is 508. The first kappa shape index (κ1) is 15.7. The summed E-state index contributed by atoms with van der Waals surface area (Å²) in [5.41, 5.74) is -0.171. The van der Waals surface area contributed by atoms with Crippen molar-refractivity contribution in [2.24, 2.45) is 0 Å². The number of carbonyl (C=O) groups excluding carboxylic acids is 1. The van der Waals surface area contributed by atoms with Gasteiger partial charge < -0.3 is 19.9 Å². The SMILES string of the molecule is CN(C)CC(=O)N1CCC[C@]2(C[C@@H](Nc3nccs3)CO2)C1. The third kappa shape index (κ3) is 3.59. The average Bonchev–Trinajstić information content (AvgIpc) is 3.10. The maximum atomic E-state index is 12.3. The largest absolute Gasteiger partial charge is 0.371 e. The number of nitrogens with zero attached hydrogens (tertiary/aromatic N) is 3. The molecule has 0 aliphatic carbocycles. The van der Waals surface area contributed by atoms with Crippen LogP contribution >= 0.6 is 11.3 Å². The third-order valence-electron chi connectivity index (χ3n) is 4.31. The summed E-state index contributed by atoms with van der Waals surface area (Å²) in [7, 11) is 3.86. The molecule has 1 amide bonds. The molecule has 1 aromatic heterocycles. The van der Waals surface area contributed by atoms with E-state index in [1.165, 1.54) is 0 Å². The topological polar surface area (TPSA) is 57.7 Å². The second-order valence-electron chi connectivity index (χ2n) is 6.53. The van der Waals surface area contributed by atoms with Crippen molar-refractivity contribution in [3.63, 3.8) is 0 Å². The van der Waals surface area contributed by atoms with E-state index in [1.807, 2.05) is 29.3 Å². The van der Waals surface area contributed by atoms with E-state index in [0.29, 0.717) is 13.2 Å². The van der Waals surface area contributed by atoms with Gasteiger partial charge in [-0.25, -0.2) is 4.98 Å². The third-order valence-corrected chi connectivity index (χ3v) is 5.02. The molecule has 0 aromatic carbocycles. The molecule has 2 fully saturated rings. The second kappa shape index (κ2) is 6.52. The number of hydrogen-bond acceptors (Lipinski definition) is 6. The molecule has 0 bridgehead atoms. The fraction of sp³-hybridized carbons (Fsp3) is 0.733. The maximum absolute atomic E-state index is 12.3.